The summed E-state index contributed by atoms with van der Waals surface area (Å²) in [5.41, 5.74) is 2.32. The van der Waals surface area contributed by atoms with Crippen molar-refractivity contribution >= 4 is 28.2 Å². The second kappa shape index (κ2) is 9.38. The molecule has 1 amide bonds. The lowest BCUT2D eigenvalue weighted by Crippen LogP contribution is -2.21. The van der Waals surface area contributed by atoms with Crippen LogP contribution < -0.4 is 10.1 Å². The molecule has 1 aromatic heterocycles. The standard InChI is InChI=1S/C20H25NO4S/c1-5-24-20(23)18-15(10-13(2)3)12-26-19(18)21-17(22)11-25-16-9-7-6-8-14(16)4/h6-9,12-13H,5,10-11H2,1-4H3,(H,21,22). The van der Waals surface area contributed by atoms with Crippen molar-refractivity contribution in [3.8, 4) is 5.75 Å². The zero-order valence-electron chi connectivity index (χ0n) is 15.6. The summed E-state index contributed by atoms with van der Waals surface area (Å²) in [6, 6.07) is 7.51. The van der Waals surface area contributed by atoms with Crippen molar-refractivity contribution in [2.75, 3.05) is 18.5 Å². The highest BCUT2D eigenvalue weighted by Gasteiger charge is 2.22. The van der Waals surface area contributed by atoms with Gasteiger partial charge in [0.05, 0.1) is 12.2 Å². The van der Waals surface area contributed by atoms with Gasteiger partial charge < -0.3 is 14.8 Å². The number of hydrogen-bond donors (Lipinski definition) is 1. The number of benzene rings is 1. The molecule has 26 heavy (non-hydrogen) atoms. The van der Waals surface area contributed by atoms with Crippen LogP contribution in [0.25, 0.3) is 0 Å². The number of carbonyl (C=O) groups excluding carboxylic acids is 2. The predicted octanol–water partition coefficient (Wildman–Crippen LogP) is 4.45. The third-order valence-corrected chi connectivity index (χ3v) is 4.62. The van der Waals surface area contributed by atoms with Crippen LogP contribution in [0.2, 0.25) is 0 Å². The first-order valence-electron chi connectivity index (χ1n) is 8.68. The molecule has 0 spiro atoms. The summed E-state index contributed by atoms with van der Waals surface area (Å²) in [6.07, 6.45) is 0.750. The smallest absolute Gasteiger partial charge is 0.341 e. The molecule has 1 aromatic carbocycles. The molecule has 140 valence electrons. The number of ether oxygens (including phenoxy) is 2. The minimum Gasteiger partial charge on any atom is -0.483 e. The molecule has 6 heteroatoms. The number of anilines is 1. The number of esters is 1. The number of para-hydroxylation sites is 1. The largest absolute Gasteiger partial charge is 0.483 e. The molecule has 1 N–H and O–H groups in total. The second-order valence-electron chi connectivity index (χ2n) is 6.39. The quantitative estimate of drug-likeness (QED) is 0.692. The van der Waals surface area contributed by atoms with Gasteiger partial charge in [0.2, 0.25) is 0 Å². The Kier molecular flexibility index (Phi) is 7.21. The van der Waals surface area contributed by atoms with Gasteiger partial charge in [-0.3, -0.25) is 4.79 Å². The van der Waals surface area contributed by atoms with E-state index in [1.165, 1.54) is 11.3 Å². The Bertz CT molecular complexity index is 767. The first-order chi connectivity index (χ1) is 12.4. The van der Waals surface area contributed by atoms with Crippen molar-refractivity contribution in [2.45, 2.75) is 34.1 Å². The van der Waals surface area contributed by atoms with Crippen LogP contribution in [-0.2, 0) is 16.0 Å². The molecule has 1 heterocycles. The zero-order valence-corrected chi connectivity index (χ0v) is 16.4. The summed E-state index contributed by atoms with van der Waals surface area (Å²) in [7, 11) is 0. The van der Waals surface area contributed by atoms with Crippen molar-refractivity contribution in [3.05, 3.63) is 46.3 Å². The van der Waals surface area contributed by atoms with Gasteiger partial charge >= 0.3 is 5.97 Å². The lowest BCUT2D eigenvalue weighted by Gasteiger charge is -2.11. The average Bonchev–Trinajstić information content (AvgIpc) is 2.96. The van der Waals surface area contributed by atoms with E-state index < -0.39 is 5.97 Å². The summed E-state index contributed by atoms with van der Waals surface area (Å²) in [5.74, 6) is 0.349. The van der Waals surface area contributed by atoms with E-state index in [1.54, 1.807) is 6.92 Å². The normalized spacial score (nSPS) is 10.7. The van der Waals surface area contributed by atoms with Crippen molar-refractivity contribution in [2.24, 2.45) is 5.92 Å². The van der Waals surface area contributed by atoms with Gasteiger partial charge in [-0.1, -0.05) is 32.0 Å². The Hall–Kier alpha value is -2.34. The van der Waals surface area contributed by atoms with Crippen LogP contribution in [0.4, 0.5) is 5.00 Å². The van der Waals surface area contributed by atoms with Crippen LogP contribution in [0.3, 0.4) is 0 Å². The first-order valence-corrected chi connectivity index (χ1v) is 9.56. The Morgan fingerprint density at radius 2 is 1.96 bits per heavy atom. The molecule has 0 saturated carbocycles. The molecule has 0 bridgehead atoms. The molecular formula is C20H25NO4S. The van der Waals surface area contributed by atoms with Crippen LogP contribution >= 0.6 is 11.3 Å². The summed E-state index contributed by atoms with van der Waals surface area (Å²) in [6.45, 7) is 8.02. The molecular weight excluding hydrogens is 350 g/mol. The SMILES string of the molecule is CCOC(=O)c1c(CC(C)C)csc1NC(=O)COc1ccccc1C. The van der Waals surface area contributed by atoms with Gasteiger partial charge in [0.15, 0.2) is 6.61 Å². The Morgan fingerprint density at radius 3 is 2.62 bits per heavy atom. The second-order valence-corrected chi connectivity index (χ2v) is 7.27. The van der Waals surface area contributed by atoms with E-state index in [2.05, 4.69) is 19.2 Å². The van der Waals surface area contributed by atoms with Crippen molar-refractivity contribution < 1.29 is 19.1 Å². The average molecular weight is 375 g/mol. The third kappa shape index (κ3) is 5.33. The lowest BCUT2D eigenvalue weighted by atomic mass is 10.0. The molecule has 0 saturated heterocycles. The van der Waals surface area contributed by atoms with Gasteiger partial charge in [-0.2, -0.15) is 0 Å². The number of amides is 1. The van der Waals surface area contributed by atoms with E-state index >= 15 is 0 Å². The fourth-order valence-electron chi connectivity index (χ4n) is 2.53. The molecule has 5 nitrogen and oxygen atoms in total. The van der Waals surface area contributed by atoms with E-state index in [0.717, 1.165) is 17.5 Å². The zero-order chi connectivity index (χ0) is 19.1. The maximum Gasteiger partial charge on any atom is 0.341 e. The summed E-state index contributed by atoms with van der Waals surface area (Å²) in [5, 5.41) is 5.21. The van der Waals surface area contributed by atoms with E-state index in [0.29, 0.717) is 28.8 Å². The number of thiophene rings is 1. The van der Waals surface area contributed by atoms with E-state index in [1.807, 2.05) is 36.6 Å². The number of nitrogens with one attached hydrogen (secondary N) is 1. The maximum absolute atomic E-state index is 12.3. The first kappa shape index (κ1) is 20.0. The fraction of sp³-hybridized carbons (Fsp3) is 0.400. The molecule has 0 aliphatic rings. The summed E-state index contributed by atoms with van der Waals surface area (Å²) in [4.78, 5) is 24.6. The third-order valence-electron chi connectivity index (χ3n) is 3.68. The van der Waals surface area contributed by atoms with Crippen molar-refractivity contribution in [1.29, 1.82) is 0 Å². The van der Waals surface area contributed by atoms with Crippen LogP contribution in [0, 0.1) is 12.8 Å². The molecule has 0 aliphatic heterocycles. The summed E-state index contributed by atoms with van der Waals surface area (Å²) >= 11 is 1.34. The van der Waals surface area contributed by atoms with E-state index in [9.17, 15) is 9.59 Å². The highest BCUT2D eigenvalue weighted by molar-refractivity contribution is 7.15. The van der Waals surface area contributed by atoms with Crippen LogP contribution in [0.5, 0.6) is 5.75 Å². The lowest BCUT2D eigenvalue weighted by molar-refractivity contribution is -0.118. The fourth-order valence-corrected chi connectivity index (χ4v) is 3.51. The monoisotopic (exact) mass is 375 g/mol. The van der Waals surface area contributed by atoms with E-state index in [-0.39, 0.29) is 12.5 Å². The molecule has 0 fully saturated rings. The molecule has 2 aromatic rings. The van der Waals surface area contributed by atoms with Gasteiger partial charge in [-0.05, 0) is 48.8 Å². The maximum atomic E-state index is 12.3. The minimum atomic E-state index is -0.403. The molecule has 0 aliphatic carbocycles. The molecule has 2 rings (SSSR count). The number of hydrogen-bond acceptors (Lipinski definition) is 5. The van der Waals surface area contributed by atoms with E-state index in [4.69, 9.17) is 9.47 Å². The molecule has 0 atom stereocenters. The molecule has 0 unspecified atom stereocenters. The van der Waals surface area contributed by atoms with Crippen molar-refractivity contribution in [3.63, 3.8) is 0 Å². The number of aryl methyl sites for hydroxylation is 1. The van der Waals surface area contributed by atoms with Crippen LogP contribution in [-0.4, -0.2) is 25.1 Å². The highest BCUT2D eigenvalue weighted by Crippen LogP contribution is 2.31. The molecule has 0 radical (unpaired) electrons. The highest BCUT2D eigenvalue weighted by atomic mass is 32.1. The van der Waals surface area contributed by atoms with Crippen molar-refractivity contribution in [1.82, 2.24) is 0 Å². The minimum absolute atomic E-state index is 0.121. The van der Waals surface area contributed by atoms with Crippen LogP contribution in [0.15, 0.2) is 29.6 Å². The van der Waals surface area contributed by atoms with Gasteiger partial charge in [0, 0.05) is 0 Å². The van der Waals surface area contributed by atoms with Gasteiger partial charge in [-0.15, -0.1) is 11.3 Å². The van der Waals surface area contributed by atoms with Gasteiger partial charge in [0.25, 0.3) is 5.91 Å². The Balaban J connectivity index is 2.09. The topological polar surface area (TPSA) is 64.6 Å². The Labute approximate surface area is 158 Å². The number of rotatable bonds is 8. The summed E-state index contributed by atoms with van der Waals surface area (Å²) < 4.78 is 10.7. The van der Waals surface area contributed by atoms with Crippen LogP contribution in [0.1, 0.15) is 42.3 Å². The predicted molar refractivity (Wildman–Crippen MR) is 104 cm³/mol. The van der Waals surface area contributed by atoms with Gasteiger partial charge in [-0.25, -0.2) is 4.79 Å². The van der Waals surface area contributed by atoms with Gasteiger partial charge in [0.1, 0.15) is 10.8 Å². The Morgan fingerprint density at radius 1 is 1.23 bits per heavy atom. The number of carbonyl (C=O) groups is 2.